The number of rotatable bonds is 2. The molecule has 0 N–H and O–H groups in total. The molecule has 0 spiro atoms. The maximum Gasteiger partial charge on any atom is 0.249 e. The van der Waals surface area contributed by atoms with Crippen molar-refractivity contribution in [1.82, 2.24) is 0 Å². The van der Waals surface area contributed by atoms with E-state index in [-0.39, 0.29) is 18.3 Å². The van der Waals surface area contributed by atoms with Crippen molar-refractivity contribution in [3.05, 3.63) is 0 Å². The van der Waals surface area contributed by atoms with Gasteiger partial charge in [-0.15, -0.1) is 0 Å². The molecule has 0 atom stereocenters. The summed E-state index contributed by atoms with van der Waals surface area (Å²) in [6.07, 6.45) is 0.997. The van der Waals surface area contributed by atoms with E-state index in [1.165, 1.54) is 0 Å². The van der Waals surface area contributed by atoms with Gasteiger partial charge in [-0.1, -0.05) is 22.9 Å². The summed E-state index contributed by atoms with van der Waals surface area (Å²) in [6.45, 7) is 1.97. The van der Waals surface area contributed by atoms with E-state index in [1.807, 2.05) is 6.92 Å². The summed E-state index contributed by atoms with van der Waals surface area (Å²) >= 11 is 3.26. The van der Waals surface area contributed by atoms with Crippen LogP contribution in [0.3, 0.4) is 0 Å². The zero-order valence-electron chi connectivity index (χ0n) is 5.96. The highest BCUT2D eigenvalue weighted by atomic mass is 79.9. The average Bonchev–Trinajstić information content (AvgIpc) is 1.82. The Hall–Kier alpha value is 0.340. The van der Waals surface area contributed by atoms with Gasteiger partial charge in [0.1, 0.15) is 0 Å². The molecule has 0 aromatic rings. The molecule has 0 aromatic heterocycles. The number of alkyl halides is 3. The van der Waals surface area contributed by atoms with Crippen LogP contribution in [-0.4, -0.2) is 11.3 Å². The van der Waals surface area contributed by atoms with Gasteiger partial charge in [0.25, 0.3) is 0 Å². The van der Waals surface area contributed by atoms with Crippen LogP contribution < -0.4 is 0 Å². The zero-order chi connectivity index (χ0) is 7.83. The third-order valence-corrected chi connectivity index (χ3v) is 3.49. The van der Waals surface area contributed by atoms with Gasteiger partial charge >= 0.3 is 0 Å². The molecule has 0 radical (unpaired) electrons. The maximum absolute atomic E-state index is 12.4. The second-order valence-corrected chi connectivity index (χ2v) is 3.76. The van der Waals surface area contributed by atoms with Gasteiger partial charge in [-0.05, 0) is 11.8 Å². The molecule has 1 aliphatic rings. The SMILES string of the molecule is CCC1(CBr)CC(F)(F)C1. The van der Waals surface area contributed by atoms with Gasteiger partial charge in [0.05, 0.1) is 0 Å². The first-order valence-corrected chi connectivity index (χ1v) is 4.60. The summed E-state index contributed by atoms with van der Waals surface area (Å²) in [5.41, 5.74) is -0.0938. The summed E-state index contributed by atoms with van der Waals surface area (Å²) in [5, 5.41) is 0.714. The van der Waals surface area contributed by atoms with Crippen molar-refractivity contribution >= 4 is 15.9 Å². The Bertz CT molecular complexity index is 120. The lowest BCUT2D eigenvalue weighted by atomic mass is 9.66. The molecular weight excluding hydrogens is 202 g/mol. The largest absolute Gasteiger partial charge is 0.249 e. The van der Waals surface area contributed by atoms with Crippen molar-refractivity contribution < 1.29 is 8.78 Å². The normalized spacial score (nSPS) is 27.6. The quantitative estimate of drug-likeness (QED) is 0.618. The third kappa shape index (κ3) is 1.34. The molecule has 0 nitrogen and oxygen atoms in total. The van der Waals surface area contributed by atoms with Crippen LogP contribution in [0.5, 0.6) is 0 Å². The summed E-state index contributed by atoms with van der Waals surface area (Å²) in [5.74, 6) is -2.37. The molecule has 1 saturated carbocycles. The molecule has 0 unspecified atom stereocenters. The fourth-order valence-corrected chi connectivity index (χ4v) is 2.28. The summed E-state index contributed by atoms with van der Waals surface area (Å²) in [7, 11) is 0. The van der Waals surface area contributed by atoms with Crippen molar-refractivity contribution in [3.63, 3.8) is 0 Å². The van der Waals surface area contributed by atoms with Crippen LogP contribution in [0.1, 0.15) is 26.2 Å². The molecule has 0 aromatic carbocycles. The van der Waals surface area contributed by atoms with Gasteiger partial charge in [-0.3, -0.25) is 0 Å². The van der Waals surface area contributed by atoms with Gasteiger partial charge in [-0.25, -0.2) is 8.78 Å². The predicted molar refractivity (Wildman–Crippen MR) is 40.7 cm³/mol. The van der Waals surface area contributed by atoms with Gasteiger partial charge in [0.15, 0.2) is 0 Å². The molecule has 0 saturated heterocycles. The topological polar surface area (TPSA) is 0 Å². The smallest absolute Gasteiger partial charge is 0.207 e. The fraction of sp³-hybridized carbons (Fsp3) is 1.00. The van der Waals surface area contributed by atoms with Gasteiger partial charge in [0.2, 0.25) is 5.92 Å². The number of hydrogen-bond donors (Lipinski definition) is 0. The van der Waals surface area contributed by atoms with Gasteiger partial charge in [0, 0.05) is 18.2 Å². The minimum atomic E-state index is -2.37. The summed E-state index contributed by atoms with van der Waals surface area (Å²) in [4.78, 5) is 0. The highest BCUT2D eigenvalue weighted by Crippen LogP contribution is 2.54. The molecule has 1 rings (SSSR count). The average molecular weight is 213 g/mol. The molecule has 1 aliphatic carbocycles. The molecule has 0 amide bonds. The minimum Gasteiger partial charge on any atom is -0.207 e. The molecule has 60 valence electrons. The first-order chi connectivity index (χ1) is 4.54. The standard InChI is InChI=1S/C7H11BrF2/c1-2-6(5-8)3-7(9,10)4-6/h2-5H2,1H3. The lowest BCUT2D eigenvalue weighted by Gasteiger charge is -2.46. The van der Waals surface area contributed by atoms with E-state index in [0.717, 1.165) is 6.42 Å². The van der Waals surface area contributed by atoms with Gasteiger partial charge < -0.3 is 0 Å². The van der Waals surface area contributed by atoms with E-state index < -0.39 is 5.92 Å². The van der Waals surface area contributed by atoms with Crippen molar-refractivity contribution in [2.24, 2.45) is 5.41 Å². The monoisotopic (exact) mass is 212 g/mol. The Morgan fingerprint density at radius 2 is 1.90 bits per heavy atom. The zero-order valence-corrected chi connectivity index (χ0v) is 7.55. The Balaban J connectivity index is 2.46. The second kappa shape index (κ2) is 2.43. The Labute approximate surface area is 68.1 Å². The number of hydrogen-bond acceptors (Lipinski definition) is 0. The first-order valence-electron chi connectivity index (χ1n) is 3.47. The lowest BCUT2D eigenvalue weighted by molar-refractivity contribution is -0.152. The van der Waals surface area contributed by atoms with Crippen molar-refractivity contribution in [2.45, 2.75) is 32.1 Å². The van der Waals surface area contributed by atoms with E-state index in [9.17, 15) is 8.78 Å². The maximum atomic E-state index is 12.4. The van der Waals surface area contributed by atoms with Gasteiger partial charge in [-0.2, -0.15) is 0 Å². The van der Waals surface area contributed by atoms with Crippen molar-refractivity contribution in [2.75, 3.05) is 5.33 Å². The molecule has 3 heteroatoms. The number of halogens is 3. The Kier molecular flexibility index (Phi) is 2.05. The molecule has 0 heterocycles. The molecule has 10 heavy (non-hydrogen) atoms. The Morgan fingerprint density at radius 3 is 2.00 bits per heavy atom. The van der Waals surface area contributed by atoms with Crippen LogP contribution >= 0.6 is 15.9 Å². The molecule has 0 bridgehead atoms. The van der Waals surface area contributed by atoms with E-state index in [4.69, 9.17) is 0 Å². The highest BCUT2D eigenvalue weighted by Gasteiger charge is 2.54. The summed E-state index contributed by atoms with van der Waals surface area (Å²) < 4.78 is 24.8. The predicted octanol–water partition coefficient (Wildman–Crippen LogP) is 3.21. The molecular formula is C7H11BrF2. The van der Waals surface area contributed by atoms with E-state index in [1.54, 1.807) is 0 Å². The van der Waals surface area contributed by atoms with E-state index in [0.29, 0.717) is 5.33 Å². The summed E-state index contributed by atoms with van der Waals surface area (Å²) in [6, 6.07) is 0. The Morgan fingerprint density at radius 1 is 1.40 bits per heavy atom. The minimum absolute atomic E-state index is 0.0712. The molecule has 0 aliphatic heterocycles. The van der Waals surface area contributed by atoms with Crippen LogP contribution in [0.15, 0.2) is 0 Å². The van der Waals surface area contributed by atoms with Crippen LogP contribution in [0.2, 0.25) is 0 Å². The van der Waals surface area contributed by atoms with E-state index >= 15 is 0 Å². The van der Waals surface area contributed by atoms with Crippen molar-refractivity contribution in [3.8, 4) is 0 Å². The van der Waals surface area contributed by atoms with Crippen LogP contribution in [0.25, 0.3) is 0 Å². The second-order valence-electron chi connectivity index (χ2n) is 3.20. The van der Waals surface area contributed by atoms with Crippen LogP contribution in [-0.2, 0) is 0 Å². The highest BCUT2D eigenvalue weighted by molar-refractivity contribution is 9.09. The lowest BCUT2D eigenvalue weighted by Crippen LogP contribution is -2.46. The first kappa shape index (κ1) is 8.44. The van der Waals surface area contributed by atoms with Crippen LogP contribution in [0, 0.1) is 5.41 Å². The fourth-order valence-electron chi connectivity index (χ4n) is 1.48. The third-order valence-electron chi connectivity index (χ3n) is 2.30. The van der Waals surface area contributed by atoms with E-state index in [2.05, 4.69) is 15.9 Å². The molecule has 1 fully saturated rings. The van der Waals surface area contributed by atoms with Crippen molar-refractivity contribution in [1.29, 1.82) is 0 Å². The van der Waals surface area contributed by atoms with Crippen LogP contribution in [0.4, 0.5) is 8.78 Å².